The van der Waals surface area contributed by atoms with Crippen molar-refractivity contribution in [2.75, 3.05) is 13.6 Å². The van der Waals surface area contributed by atoms with Gasteiger partial charge in [0.2, 0.25) is 0 Å². The molecule has 1 atom stereocenters. The van der Waals surface area contributed by atoms with E-state index in [4.69, 9.17) is 4.42 Å². The molecule has 0 aliphatic heterocycles. The summed E-state index contributed by atoms with van der Waals surface area (Å²) in [6.45, 7) is 2.77. The van der Waals surface area contributed by atoms with E-state index in [9.17, 15) is 5.11 Å². The average molecular weight is 422 g/mol. The second-order valence-electron chi connectivity index (χ2n) is 4.20. The van der Waals surface area contributed by atoms with Crippen LogP contribution in [-0.4, -0.2) is 29.6 Å². The zero-order valence-corrected chi connectivity index (χ0v) is 15.0. The summed E-state index contributed by atoms with van der Waals surface area (Å²) in [5.41, 5.74) is 0. The molecule has 1 unspecified atom stereocenters. The molecule has 0 radical (unpaired) electrons. The molecule has 2 heterocycles. The van der Waals surface area contributed by atoms with Gasteiger partial charge < -0.3 is 20.2 Å². The maximum Gasteiger partial charge on any atom is 0.191 e. The van der Waals surface area contributed by atoms with Crippen molar-refractivity contribution in [1.82, 2.24) is 15.6 Å². The van der Waals surface area contributed by atoms with Crippen LogP contribution in [0.2, 0.25) is 0 Å². The predicted octanol–water partition coefficient (Wildman–Crippen LogP) is 2.06. The molecular formula is C13H19IN4O2S. The number of furan rings is 1. The molecule has 0 spiro atoms. The molecule has 2 rings (SSSR count). The highest BCUT2D eigenvalue weighted by Crippen LogP contribution is 2.14. The third kappa shape index (κ3) is 5.64. The lowest BCUT2D eigenvalue weighted by atomic mass is 10.3. The third-order valence-electron chi connectivity index (χ3n) is 2.67. The Labute approximate surface area is 144 Å². The number of guanidine groups is 1. The van der Waals surface area contributed by atoms with Gasteiger partial charge in [-0.2, -0.15) is 0 Å². The largest absolute Gasteiger partial charge is 0.464 e. The first-order valence-corrected chi connectivity index (χ1v) is 7.14. The van der Waals surface area contributed by atoms with Crippen LogP contribution >= 0.6 is 35.3 Å². The first-order valence-electron chi connectivity index (χ1n) is 6.26. The average Bonchev–Trinajstić information content (AvgIpc) is 3.10. The standard InChI is InChI=1S/C13H18N4O2S.HI/c1-9-3-4-11(19-9)10(18)7-16-13(14-2)17-8-12-15-5-6-20-12;/h3-6,10,18H,7-8H2,1-2H3,(H2,14,16,17);1H. The van der Waals surface area contributed by atoms with E-state index in [0.29, 0.717) is 24.8 Å². The number of thiazole rings is 1. The SMILES string of the molecule is CN=C(NCc1nccs1)NCC(O)c1ccc(C)o1.I. The summed E-state index contributed by atoms with van der Waals surface area (Å²) in [5, 5.41) is 19.1. The molecule has 0 saturated heterocycles. The maximum absolute atomic E-state index is 9.98. The number of nitrogens with zero attached hydrogens (tertiary/aromatic N) is 2. The molecule has 0 fully saturated rings. The fourth-order valence-corrected chi connectivity index (χ4v) is 2.20. The van der Waals surface area contributed by atoms with Gasteiger partial charge in [-0.05, 0) is 19.1 Å². The summed E-state index contributed by atoms with van der Waals surface area (Å²) in [6, 6.07) is 3.60. The molecule has 0 aliphatic rings. The Morgan fingerprint density at radius 1 is 1.48 bits per heavy atom. The molecule has 3 N–H and O–H groups in total. The molecule has 2 aromatic rings. The van der Waals surface area contributed by atoms with E-state index >= 15 is 0 Å². The first kappa shape index (κ1) is 17.9. The van der Waals surface area contributed by atoms with Crippen molar-refractivity contribution in [3.63, 3.8) is 0 Å². The van der Waals surface area contributed by atoms with Gasteiger partial charge in [0.1, 0.15) is 22.6 Å². The minimum absolute atomic E-state index is 0. The number of aryl methyl sites for hydroxylation is 1. The summed E-state index contributed by atoms with van der Waals surface area (Å²) in [6.07, 6.45) is 1.06. The van der Waals surface area contributed by atoms with Gasteiger partial charge in [-0.15, -0.1) is 35.3 Å². The van der Waals surface area contributed by atoms with Gasteiger partial charge in [-0.1, -0.05) is 0 Å². The van der Waals surface area contributed by atoms with Gasteiger partial charge in [0.05, 0.1) is 13.1 Å². The topological polar surface area (TPSA) is 82.7 Å². The molecule has 0 saturated carbocycles. The van der Waals surface area contributed by atoms with Crippen LogP contribution in [0.25, 0.3) is 0 Å². The van der Waals surface area contributed by atoms with Gasteiger partial charge >= 0.3 is 0 Å². The van der Waals surface area contributed by atoms with Crippen LogP contribution in [0.5, 0.6) is 0 Å². The fraction of sp³-hybridized carbons (Fsp3) is 0.385. The summed E-state index contributed by atoms with van der Waals surface area (Å²) in [4.78, 5) is 8.26. The van der Waals surface area contributed by atoms with Crippen LogP contribution in [0.1, 0.15) is 22.6 Å². The monoisotopic (exact) mass is 422 g/mol. The van der Waals surface area contributed by atoms with E-state index in [1.165, 1.54) is 0 Å². The molecule has 0 bridgehead atoms. The molecule has 0 aliphatic carbocycles. The quantitative estimate of drug-likeness (QED) is 0.391. The van der Waals surface area contributed by atoms with Gasteiger partial charge in [0.25, 0.3) is 0 Å². The Kier molecular flexibility index (Phi) is 7.68. The number of nitrogens with one attached hydrogen (secondary N) is 2. The number of aromatic nitrogens is 1. The van der Waals surface area contributed by atoms with E-state index in [0.717, 1.165) is 10.8 Å². The summed E-state index contributed by atoms with van der Waals surface area (Å²) >= 11 is 1.58. The normalized spacial score (nSPS) is 12.6. The number of aliphatic imine (C=N–C) groups is 1. The smallest absolute Gasteiger partial charge is 0.191 e. The van der Waals surface area contributed by atoms with Crippen LogP contribution in [0.15, 0.2) is 33.1 Å². The highest BCUT2D eigenvalue weighted by molar-refractivity contribution is 14.0. The van der Waals surface area contributed by atoms with Crippen LogP contribution in [0.4, 0.5) is 0 Å². The van der Waals surface area contributed by atoms with Crippen molar-refractivity contribution in [2.45, 2.75) is 19.6 Å². The second kappa shape index (κ2) is 9.00. The van der Waals surface area contributed by atoms with Crippen molar-refractivity contribution in [3.05, 3.63) is 40.2 Å². The highest BCUT2D eigenvalue weighted by atomic mass is 127. The molecule has 0 aromatic carbocycles. The van der Waals surface area contributed by atoms with Gasteiger partial charge in [-0.25, -0.2) is 4.98 Å². The molecule has 8 heteroatoms. The molecule has 116 valence electrons. The molecule has 6 nitrogen and oxygen atoms in total. The Morgan fingerprint density at radius 3 is 2.86 bits per heavy atom. The summed E-state index contributed by atoms with van der Waals surface area (Å²) in [5.74, 6) is 1.94. The van der Waals surface area contributed by atoms with E-state index in [1.807, 2.05) is 18.4 Å². The van der Waals surface area contributed by atoms with Crippen molar-refractivity contribution in [1.29, 1.82) is 0 Å². The molecule has 2 aromatic heterocycles. The maximum atomic E-state index is 9.98. The fourth-order valence-electron chi connectivity index (χ4n) is 1.65. The van der Waals surface area contributed by atoms with E-state index in [1.54, 1.807) is 30.6 Å². The second-order valence-corrected chi connectivity index (χ2v) is 5.18. The molecule has 0 amide bonds. The highest BCUT2D eigenvalue weighted by Gasteiger charge is 2.12. The zero-order valence-electron chi connectivity index (χ0n) is 11.9. The number of aliphatic hydroxyl groups excluding tert-OH is 1. The minimum Gasteiger partial charge on any atom is -0.464 e. The van der Waals surface area contributed by atoms with E-state index in [-0.39, 0.29) is 24.0 Å². The number of hydrogen-bond donors (Lipinski definition) is 3. The summed E-state index contributed by atoms with van der Waals surface area (Å²) in [7, 11) is 1.68. The number of halogens is 1. The Balaban J connectivity index is 0.00000220. The van der Waals surface area contributed by atoms with Crippen molar-refractivity contribution < 1.29 is 9.52 Å². The Morgan fingerprint density at radius 2 is 2.29 bits per heavy atom. The lowest BCUT2D eigenvalue weighted by Crippen LogP contribution is -2.38. The lowest BCUT2D eigenvalue weighted by Gasteiger charge is -2.13. The van der Waals surface area contributed by atoms with Gasteiger partial charge in [0, 0.05) is 18.6 Å². The van der Waals surface area contributed by atoms with E-state index in [2.05, 4.69) is 20.6 Å². The van der Waals surface area contributed by atoms with Gasteiger partial charge in [0.15, 0.2) is 5.96 Å². The van der Waals surface area contributed by atoms with Gasteiger partial charge in [-0.3, -0.25) is 4.99 Å². The zero-order chi connectivity index (χ0) is 14.4. The Hall–Kier alpha value is -1.13. The van der Waals surface area contributed by atoms with Crippen molar-refractivity contribution in [2.24, 2.45) is 4.99 Å². The Bertz CT molecular complexity index is 556. The summed E-state index contributed by atoms with van der Waals surface area (Å²) < 4.78 is 5.37. The lowest BCUT2D eigenvalue weighted by molar-refractivity contribution is 0.151. The number of rotatable bonds is 5. The van der Waals surface area contributed by atoms with E-state index < -0.39 is 6.10 Å². The molecular weight excluding hydrogens is 403 g/mol. The van der Waals surface area contributed by atoms with Crippen LogP contribution in [0, 0.1) is 6.92 Å². The first-order chi connectivity index (χ1) is 9.69. The third-order valence-corrected chi connectivity index (χ3v) is 3.45. The van der Waals surface area contributed by atoms with Crippen LogP contribution in [0.3, 0.4) is 0 Å². The predicted molar refractivity (Wildman–Crippen MR) is 94.1 cm³/mol. The van der Waals surface area contributed by atoms with Crippen molar-refractivity contribution in [3.8, 4) is 0 Å². The minimum atomic E-state index is -0.706. The number of hydrogen-bond acceptors (Lipinski definition) is 5. The van der Waals surface area contributed by atoms with Crippen molar-refractivity contribution >= 4 is 41.3 Å². The van der Waals surface area contributed by atoms with Crippen LogP contribution in [-0.2, 0) is 6.54 Å². The molecule has 21 heavy (non-hydrogen) atoms. The number of aliphatic hydroxyl groups is 1. The van der Waals surface area contributed by atoms with Crippen LogP contribution < -0.4 is 10.6 Å².